The highest BCUT2D eigenvalue weighted by Crippen LogP contribution is 2.07. The third-order valence-corrected chi connectivity index (χ3v) is 2.39. The maximum absolute atomic E-state index is 11.9. The molecular formula is C15H10N2O. The van der Waals surface area contributed by atoms with Gasteiger partial charge < -0.3 is 0 Å². The van der Waals surface area contributed by atoms with E-state index in [1.807, 2.05) is 12.1 Å². The van der Waals surface area contributed by atoms with Crippen molar-refractivity contribution in [1.82, 2.24) is 4.98 Å². The molecule has 0 saturated carbocycles. The molecule has 0 fully saturated rings. The Balaban J connectivity index is 2.18. The van der Waals surface area contributed by atoms with E-state index in [0.29, 0.717) is 11.1 Å². The first-order valence-corrected chi connectivity index (χ1v) is 5.42. The zero-order chi connectivity index (χ0) is 12.8. The Morgan fingerprint density at radius 2 is 2.17 bits per heavy atom. The first kappa shape index (κ1) is 11.7. The van der Waals surface area contributed by atoms with Crippen LogP contribution in [0.4, 0.5) is 0 Å². The second-order valence-corrected chi connectivity index (χ2v) is 3.68. The molecule has 0 unspecified atom stereocenters. The fourth-order valence-corrected chi connectivity index (χ4v) is 1.48. The number of carbonyl (C=O) groups is 1. The van der Waals surface area contributed by atoms with E-state index in [4.69, 9.17) is 5.26 Å². The summed E-state index contributed by atoms with van der Waals surface area (Å²) in [6.45, 7) is 0. The van der Waals surface area contributed by atoms with Crippen molar-refractivity contribution in [1.29, 1.82) is 5.26 Å². The third-order valence-electron chi connectivity index (χ3n) is 2.39. The van der Waals surface area contributed by atoms with Crippen LogP contribution in [0.25, 0.3) is 6.08 Å². The van der Waals surface area contributed by atoms with Crippen LogP contribution in [0.1, 0.15) is 21.5 Å². The summed E-state index contributed by atoms with van der Waals surface area (Å²) in [7, 11) is 0. The zero-order valence-electron chi connectivity index (χ0n) is 9.58. The third kappa shape index (κ3) is 2.89. The van der Waals surface area contributed by atoms with Crippen LogP contribution in [0.3, 0.4) is 0 Å². The summed E-state index contributed by atoms with van der Waals surface area (Å²) in [5.74, 6) is -0.129. The predicted octanol–water partition coefficient (Wildman–Crippen LogP) is 2.85. The van der Waals surface area contributed by atoms with Gasteiger partial charge in [-0.15, -0.1) is 0 Å². The highest BCUT2D eigenvalue weighted by molar-refractivity contribution is 6.06. The number of carbonyl (C=O) groups excluding carboxylic acids is 1. The minimum atomic E-state index is -0.129. The summed E-state index contributed by atoms with van der Waals surface area (Å²) in [6.07, 6.45) is 6.53. The van der Waals surface area contributed by atoms with Crippen molar-refractivity contribution in [2.45, 2.75) is 0 Å². The zero-order valence-corrected chi connectivity index (χ0v) is 9.58. The van der Waals surface area contributed by atoms with E-state index in [1.165, 1.54) is 6.08 Å². The second-order valence-electron chi connectivity index (χ2n) is 3.68. The highest BCUT2D eigenvalue weighted by Gasteiger charge is 2.02. The normalized spacial score (nSPS) is 10.2. The SMILES string of the molecule is N#Cc1cccc(C(=O)/C=C/c2cccnc2)c1. The maximum Gasteiger partial charge on any atom is 0.185 e. The minimum Gasteiger partial charge on any atom is -0.289 e. The molecule has 0 atom stereocenters. The number of ketones is 1. The highest BCUT2D eigenvalue weighted by atomic mass is 16.1. The lowest BCUT2D eigenvalue weighted by molar-refractivity contribution is 0.104. The lowest BCUT2D eigenvalue weighted by Gasteiger charge is -1.96. The van der Waals surface area contributed by atoms with Crippen molar-refractivity contribution in [3.8, 4) is 6.07 Å². The largest absolute Gasteiger partial charge is 0.289 e. The molecule has 1 aromatic heterocycles. The summed E-state index contributed by atoms with van der Waals surface area (Å²) >= 11 is 0. The summed E-state index contributed by atoms with van der Waals surface area (Å²) in [4.78, 5) is 15.8. The van der Waals surface area contributed by atoms with Crippen LogP contribution in [0.5, 0.6) is 0 Å². The van der Waals surface area contributed by atoms with Gasteiger partial charge in [0.05, 0.1) is 11.6 Å². The number of benzene rings is 1. The number of hydrogen-bond donors (Lipinski definition) is 0. The van der Waals surface area contributed by atoms with E-state index in [1.54, 1.807) is 48.8 Å². The second kappa shape index (κ2) is 5.55. The number of hydrogen-bond acceptors (Lipinski definition) is 3. The Kier molecular flexibility index (Phi) is 3.62. The predicted molar refractivity (Wildman–Crippen MR) is 68.8 cm³/mol. The molecule has 1 heterocycles. The molecular weight excluding hydrogens is 224 g/mol. The number of nitrogens with zero attached hydrogens (tertiary/aromatic N) is 2. The Morgan fingerprint density at radius 1 is 1.28 bits per heavy atom. The summed E-state index contributed by atoms with van der Waals surface area (Å²) in [5.41, 5.74) is 1.85. The number of aromatic nitrogens is 1. The molecule has 0 aliphatic rings. The molecule has 0 amide bonds. The lowest BCUT2D eigenvalue weighted by atomic mass is 10.1. The Labute approximate surface area is 105 Å². The minimum absolute atomic E-state index is 0.129. The molecule has 2 rings (SSSR count). The van der Waals surface area contributed by atoms with Crippen molar-refractivity contribution >= 4 is 11.9 Å². The van der Waals surface area contributed by atoms with Crippen molar-refractivity contribution in [3.63, 3.8) is 0 Å². The molecule has 0 aliphatic heterocycles. The monoisotopic (exact) mass is 234 g/mol. The molecule has 0 N–H and O–H groups in total. The van der Waals surface area contributed by atoms with Gasteiger partial charge in [0.1, 0.15) is 0 Å². The molecule has 0 spiro atoms. The first-order chi connectivity index (χ1) is 8.79. The molecule has 3 nitrogen and oxygen atoms in total. The van der Waals surface area contributed by atoms with Gasteiger partial charge in [-0.05, 0) is 35.9 Å². The van der Waals surface area contributed by atoms with Crippen LogP contribution in [-0.2, 0) is 0 Å². The van der Waals surface area contributed by atoms with Gasteiger partial charge in [-0.1, -0.05) is 18.2 Å². The van der Waals surface area contributed by atoms with Gasteiger partial charge >= 0.3 is 0 Å². The molecule has 0 saturated heterocycles. The molecule has 3 heteroatoms. The van der Waals surface area contributed by atoms with Crippen LogP contribution in [0, 0.1) is 11.3 Å². The molecule has 0 aliphatic carbocycles. The quantitative estimate of drug-likeness (QED) is 0.606. The van der Waals surface area contributed by atoms with Crippen LogP contribution >= 0.6 is 0 Å². The van der Waals surface area contributed by atoms with Gasteiger partial charge in [-0.25, -0.2) is 0 Å². The van der Waals surface area contributed by atoms with Crippen LogP contribution < -0.4 is 0 Å². The van der Waals surface area contributed by atoms with Gasteiger partial charge in [0, 0.05) is 18.0 Å². The molecule has 1 aromatic carbocycles. The molecule has 2 aromatic rings. The molecule has 86 valence electrons. The van der Waals surface area contributed by atoms with Gasteiger partial charge in [-0.2, -0.15) is 5.26 Å². The number of allylic oxidation sites excluding steroid dienone is 1. The van der Waals surface area contributed by atoms with Crippen molar-refractivity contribution in [2.24, 2.45) is 0 Å². The fourth-order valence-electron chi connectivity index (χ4n) is 1.48. The van der Waals surface area contributed by atoms with Crippen LogP contribution in [0.2, 0.25) is 0 Å². The molecule has 0 radical (unpaired) electrons. The van der Waals surface area contributed by atoms with Crippen molar-refractivity contribution in [3.05, 3.63) is 71.6 Å². The Bertz CT molecular complexity index is 624. The topological polar surface area (TPSA) is 53.8 Å². The number of pyridine rings is 1. The van der Waals surface area contributed by atoms with Crippen LogP contribution in [0.15, 0.2) is 54.9 Å². The maximum atomic E-state index is 11.9. The smallest absolute Gasteiger partial charge is 0.185 e. The Hall–Kier alpha value is -2.73. The first-order valence-electron chi connectivity index (χ1n) is 5.42. The standard InChI is InChI=1S/C15H10N2O/c16-10-13-3-1-5-14(9-13)15(18)7-6-12-4-2-8-17-11-12/h1-9,11H/b7-6+. The Morgan fingerprint density at radius 3 is 2.89 bits per heavy atom. The van der Waals surface area contributed by atoms with E-state index in [0.717, 1.165) is 5.56 Å². The van der Waals surface area contributed by atoms with E-state index in [9.17, 15) is 4.79 Å². The average molecular weight is 234 g/mol. The van der Waals surface area contributed by atoms with E-state index >= 15 is 0 Å². The average Bonchev–Trinajstić information content (AvgIpc) is 2.46. The van der Waals surface area contributed by atoms with E-state index in [-0.39, 0.29) is 5.78 Å². The summed E-state index contributed by atoms with van der Waals surface area (Å²) in [6, 6.07) is 12.3. The van der Waals surface area contributed by atoms with Gasteiger partial charge in [-0.3, -0.25) is 9.78 Å². The molecule has 18 heavy (non-hydrogen) atoms. The summed E-state index contributed by atoms with van der Waals surface area (Å²) < 4.78 is 0. The van der Waals surface area contributed by atoms with Crippen molar-refractivity contribution in [2.75, 3.05) is 0 Å². The molecule has 0 bridgehead atoms. The van der Waals surface area contributed by atoms with Gasteiger partial charge in [0.25, 0.3) is 0 Å². The van der Waals surface area contributed by atoms with Crippen LogP contribution in [-0.4, -0.2) is 10.8 Å². The van der Waals surface area contributed by atoms with Gasteiger partial charge in [0.15, 0.2) is 5.78 Å². The van der Waals surface area contributed by atoms with Crippen molar-refractivity contribution < 1.29 is 4.79 Å². The number of rotatable bonds is 3. The van der Waals surface area contributed by atoms with E-state index in [2.05, 4.69) is 4.98 Å². The fraction of sp³-hybridized carbons (Fsp3) is 0. The van der Waals surface area contributed by atoms with E-state index < -0.39 is 0 Å². The summed E-state index contributed by atoms with van der Waals surface area (Å²) in [5, 5.41) is 8.76. The van der Waals surface area contributed by atoms with Gasteiger partial charge in [0.2, 0.25) is 0 Å². The lowest BCUT2D eigenvalue weighted by Crippen LogP contribution is -1.94. The number of nitriles is 1.